The molecule has 0 saturated heterocycles. The van der Waals surface area contributed by atoms with Crippen LogP contribution in [0, 0.1) is 0 Å². The summed E-state index contributed by atoms with van der Waals surface area (Å²) in [6, 6.07) is 42.1. The molecule has 1 aliphatic carbocycles. The third-order valence-corrected chi connectivity index (χ3v) is 10.7. The van der Waals surface area contributed by atoms with Crippen molar-refractivity contribution in [3.05, 3.63) is 126 Å². The topological polar surface area (TPSA) is 18.1 Å². The van der Waals surface area contributed by atoms with Crippen molar-refractivity contribution in [1.82, 2.24) is 4.57 Å². The first-order chi connectivity index (χ1) is 20.6. The Balaban J connectivity index is 1.48. The molecule has 0 fully saturated rings. The number of fused-ring (bicyclic) bond motifs is 15. The summed E-state index contributed by atoms with van der Waals surface area (Å²) in [4.78, 5) is 0. The molecule has 0 spiro atoms. The second kappa shape index (κ2) is 7.70. The van der Waals surface area contributed by atoms with Gasteiger partial charge in [0.25, 0.3) is 0 Å². The quantitative estimate of drug-likeness (QED) is 0.197. The van der Waals surface area contributed by atoms with Gasteiger partial charge in [-0.15, -0.1) is 11.3 Å². The number of thiophene rings is 1. The molecule has 3 heterocycles. The summed E-state index contributed by atoms with van der Waals surface area (Å²) in [6.07, 6.45) is 0. The van der Waals surface area contributed by atoms with Crippen molar-refractivity contribution in [3.8, 4) is 16.8 Å². The minimum atomic E-state index is -0.164. The lowest BCUT2D eigenvalue weighted by Crippen LogP contribution is -2.15. The fraction of sp³-hybridized carbons (Fsp3) is 0.0769. The van der Waals surface area contributed by atoms with Gasteiger partial charge in [-0.2, -0.15) is 0 Å². The Morgan fingerprint density at radius 3 is 2.26 bits per heavy atom. The molecule has 0 unspecified atom stereocenters. The first-order valence-corrected chi connectivity index (χ1v) is 15.4. The normalized spacial score (nSPS) is 14.1. The van der Waals surface area contributed by atoms with Gasteiger partial charge in [-0.3, -0.25) is 0 Å². The van der Waals surface area contributed by atoms with Gasteiger partial charge in [-0.05, 0) is 58.7 Å². The van der Waals surface area contributed by atoms with Gasteiger partial charge in [0.05, 0.1) is 11.0 Å². The van der Waals surface area contributed by atoms with E-state index in [1.54, 1.807) is 0 Å². The first-order valence-electron chi connectivity index (χ1n) is 14.5. The molecule has 2 nitrogen and oxygen atoms in total. The highest BCUT2D eigenvalue weighted by Gasteiger charge is 2.41. The van der Waals surface area contributed by atoms with Crippen LogP contribution >= 0.6 is 11.3 Å². The smallest absolute Gasteiger partial charge is 0.160 e. The van der Waals surface area contributed by atoms with Crippen LogP contribution in [0.3, 0.4) is 0 Å². The van der Waals surface area contributed by atoms with Crippen molar-refractivity contribution in [2.24, 2.45) is 0 Å². The summed E-state index contributed by atoms with van der Waals surface area (Å²) >= 11 is 1.86. The van der Waals surface area contributed by atoms with E-state index in [1.807, 2.05) is 11.3 Å². The van der Waals surface area contributed by atoms with E-state index in [0.29, 0.717) is 0 Å². The second-order valence-electron chi connectivity index (χ2n) is 12.1. The van der Waals surface area contributed by atoms with E-state index >= 15 is 0 Å². The zero-order valence-corrected chi connectivity index (χ0v) is 24.0. The van der Waals surface area contributed by atoms with Crippen LogP contribution in [-0.2, 0) is 5.41 Å². The van der Waals surface area contributed by atoms with E-state index < -0.39 is 0 Å². The zero-order valence-electron chi connectivity index (χ0n) is 23.2. The van der Waals surface area contributed by atoms with Crippen LogP contribution in [-0.4, -0.2) is 4.57 Å². The maximum absolute atomic E-state index is 6.90. The maximum atomic E-state index is 6.90. The highest BCUT2D eigenvalue weighted by molar-refractivity contribution is 7.25. The summed E-state index contributed by atoms with van der Waals surface area (Å²) in [7, 11) is 0. The molecule has 42 heavy (non-hydrogen) atoms. The molecule has 0 aliphatic heterocycles. The summed E-state index contributed by atoms with van der Waals surface area (Å²) in [5.74, 6) is 0. The van der Waals surface area contributed by atoms with Gasteiger partial charge in [0.2, 0.25) is 0 Å². The molecule has 0 atom stereocenters. The Bertz CT molecular complexity index is 2610. The van der Waals surface area contributed by atoms with E-state index in [2.05, 4.69) is 134 Å². The number of aromatic nitrogens is 1. The Hall–Kier alpha value is -4.86. The number of nitrogens with zero attached hydrogens (tertiary/aromatic N) is 1. The molecule has 0 N–H and O–H groups in total. The lowest BCUT2D eigenvalue weighted by Gasteiger charge is -2.22. The van der Waals surface area contributed by atoms with Crippen LogP contribution in [0.5, 0.6) is 0 Å². The molecule has 198 valence electrons. The van der Waals surface area contributed by atoms with Gasteiger partial charge in [-0.25, -0.2) is 0 Å². The minimum absolute atomic E-state index is 0.164. The fourth-order valence-corrected chi connectivity index (χ4v) is 8.90. The lowest BCUT2D eigenvalue weighted by molar-refractivity contribution is 0.658. The minimum Gasteiger partial charge on any atom is -0.454 e. The van der Waals surface area contributed by atoms with Gasteiger partial charge in [0.15, 0.2) is 5.58 Å². The van der Waals surface area contributed by atoms with Crippen LogP contribution < -0.4 is 0 Å². The molecule has 1 aliphatic rings. The first kappa shape index (κ1) is 22.8. The monoisotopic (exact) mass is 555 g/mol. The number of hydrogen-bond donors (Lipinski definition) is 0. The van der Waals surface area contributed by atoms with Crippen LogP contribution in [0.4, 0.5) is 0 Å². The molecule has 3 heteroatoms. The van der Waals surface area contributed by atoms with Crippen molar-refractivity contribution < 1.29 is 4.42 Å². The van der Waals surface area contributed by atoms with Gasteiger partial charge >= 0.3 is 0 Å². The highest BCUT2D eigenvalue weighted by atomic mass is 32.1. The van der Waals surface area contributed by atoms with E-state index in [9.17, 15) is 0 Å². The molecular formula is C39H25NOS. The SMILES string of the molecule is CC1(C)c2ccccc2-c2c1c1c3ccccc3oc1c1c2c2ccccc2n1-c1ccc2sc3ccccc3c2c1. The third kappa shape index (κ3) is 2.66. The summed E-state index contributed by atoms with van der Waals surface area (Å²) in [5.41, 5.74) is 10.7. The Morgan fingerprint density at radius 1 is 0.643 bits per heavy atom. The van der Waals surface area contributed by atoms with Gasteiger partial charge in [0.1, 0.15) is 5.58 Å². The van der Waals surface area contributed by atoms with Crippen molar-refractivity contribution in [2.45, 2.75) is 19.3 Å². The summed E-state index contributed by atoms with van der Waals surface area (Å²) < 4.78 is 12.0. The molecule has 0 amide bonds. The Morgan fingerprint density at radius 2 is 1.36 bits per heavy atom. The molecule has 0 bridgehead atoms. The van der Waals surface area contributed by atoms with Crippen molar-refractivity contribution in [1.29, 1.82) is 0 Å². The van der Waals surface area contributed by atoms with E-state index in [1.165, 1.54) is 69.5 Å². The van der Waals surface area contributed by atoms with Crippen LogP contribution in [0.1, 0.15) is 25.0 Å². The number of furan rings is 1. The van der Waals surface area contributed by atoms with Crippen molar-refractivity contribution >= 4 is 75.3 Å². The predicted octanol–water partition coefficient (Wildman–Crippen LogP) is 11.4. The molecule has 0 radical (unpaired) electrons. The maximum Gasteiger partial charge on any atom is 0.160 e. The van der Waals surface area contributed by atoms with Crippen molar-refractivity contribution in [2.75, 3.05) is 0 Å². The number of rotatable bonds is 1. The number of para-hydroxylation sites is 2. The van der Waals surface area contributed by atoms with Crippen LogP contribution in [0.15, 0.2) is 120 Å². The Labute approximate surface area is 246 Å². The van der Waals surface area contributed by atoms with Gasteiger partial charge in [-0.1, -0.05) is 92.7 Å². The molecule has 3 aromatic heterocycles. The van der Waals surface area contributed by atoms with Gasteiger partial charge in [0, 0.05) is 52.8 Å². The average Bonchev–Trinajstić information content (AvgIpc) is 3.74. The highest BCUT2D eigenvalue weighted by Crippen LogP contribution is 2.58. The van der Waals surface area contributed by atoms with E-state index in [0.717, 1.165) is 22.4 Å². The lowest BCUT2D eigenvalue weighted by atomic mass is 9.80. The largest absolute Gasteiger partial charge is 0.454 e. The average molecular weight is 556 g/mol. The van der Waals surface area contributed by atoms with Gasteiger partial charge < -0.3 is 8.98 Å². The van der Waals surface area contributed by atoms with Crippen molar-refractivity contribution in [3.63, 3.8) is 0 Å². The zero-order chi connectivity index (χ0) is 27.7. The molecule has 10 rings (SSSR count). The van der Waals surface area contributed by atoms with Crippen LogP contribution in [0.25, 0.3) is 80.7 Å². The fourth-order valence-electron chi connectivity index (χ4n) is 7.81. The Kier molecular flexibility index (Phi) is 4.18. The molecule has 6 aromatic carbocycles. The second-order valence-corrected chi connectivity index (χ2v) is 13.2. The summed E-state index contributed by atoms with van der Waals surface area (Å²) in [5, 5.41) is 7.57. The van der Waals surface area contributed by atoms with E-state index in [-0.39, 0.29) is 5.41 Å². The third-order valence-electron chi connectivity index (χ3n) is 9.55. The standard InChI is InChI=1S/C39H25NOS/c1-39(2)28-15-7-3-12-24(28)33-34-25-13-4-8-16-29(25)40(22-19-20-32-27(21-22)23-11-6-10-18-31(23)42-32)37(34)38-35(36(33)39)26-14-5-9-17-30(26)41-38/h3-21H,1-2H3. The van der Waals surface area contributed by atoms with Crippen LogP contribution in [0.2, 0.25) is 0 Å². The molecule has 9 aromatic rings. The summed E-state index contributed by atoms with van der Waals surface area (Å²) in [6.45, 7) is 4.75. The molecular weight excluding hydrogens is 531 g/mol. The predicted molar refractivity (Wildman–Crippen MR) is 179 cm³/mol. The molecule has 0 saturated carbocycles. The van der Waals surface area contributed by atoms with E-state index in [4.69, 9.17) is 4.42 Å². The number of hydrogen-bond acceptors (Lipinski definition) is 2. The number of benzene rings is 6.